The molecule has 4 aromatic rings. The van der Waals surface area contributed by atoms with E-state index in [2.05, 4.69) is 16.4 Å². The zero-order valence-electron chi connectivity index (χ0n) is 12.5. The monoisotopic (exact) mass is 336 g/mol. The first kappa shape index (κ1) is 14.7. The van der Waals surface area contributed by atoms with E-state index in [0.29, 0.717) is 10.6 Å². The Hall–Kier alpha value is -2.92. The van der Waals surface area contributed by atoms with Crippen molar-refractivity contribution in [1.82, 2.24) is 4.98 Å². The van der Waals surface area contributed by atoms with Gasteiger partial charge in [-0.15, -0.1) is 11.3 Å². The van der Waals surface area contributed by atoms with Gasteiger partial charge in [-0.25, -0.2) is 4.39 Å². The second kappa shape index (κ2) is 5.94. The van der Waals surface area contributed by atoms with Crippen LogP contribution in [0.4, 0.5) is 10.1 Å². The summed E-state index contributed by atoms with van der Waals surface area (Å²) in [5, 5.41) is 3.87. The topological polar surface area (TPSA) is 44.9 Å². The van der Waals surface area contributed by atoms with Crippen LogP contribution in [0, 0.1) is 5.82 Å². The molecule has 0 saturated carbocycles. The minimum Gasteiger partial charge on any atom is -0.361 e. The molecule has 5 heteroatoms. The van der Waals surface area contributed by atoms with Crippen molar-refractivity contribution in [3.05, 3.63) is 77.6 Å². The highest BCUT2D eigenvalue weighted by Crippen LogP contribution is 2.30. The van der Waals surface area contributed by atoms with Gasteiger partial charge in [0.05, 0.1) is 4.88 Å². The summed E-state index contributed by atoms with van der Waals surface area (Å²) in [6.45, 7) is 0. The van der Waals surface area contributed by atoms with E-state index in [1.54, 1.807) is 18.2 Å². The average molecular weight is 336 g/mol. The molecule has 2 aromatic carbocycles. The van der Waals surface area contributed by atoms with E-state index in [4.69, 9.17) is 0 Å². The lowest BCUT2D eigenvalue weighted by Crippen LogP contribution is -2.09. The molecule has 1 amide bonds. The molecule has 0 spiro atoms. The van der Waals surface area contributed by atoms with Crippen LogP contribution >= 0.6 is 11.3 Å². The Kier molecular flexibility index (Phi) is 3.63. The van der Waals surface area contributed by atoms with Crippen LogP contribution < -0.4 is 5.32 Å². The van der Waals surface area contributed by atoms with Gasteiger partial charge >= 0.3 is 0 Å². The first-order chi connectivity index (χ1) is 11.7. The largest absolute Gasteiger partial charge is 0.361 e. The van der Waals surface area contributed by atoms with E-state index in [9.17, 15) is 9.18 Å². The molecule has 24 heavy (non-hydrogen) atoms. The number of aromatic amines is 1. The molecule has 118 valence electrons. The van der Waals surface area contributed by atoms with E-state index in [0.717, 1.165) is 21.3 Å². The highest BCUT2D eigenvalue weighted by molar-refractivity contribution is 7.17. The SMILES string of the molecule is O=C(Nc1cccc(F)c1)c1ccc(-c2ccc3cc[nH]c3c2)s1. The molecule has 0 aliphatic carbocycles. The van der Waals surface area contributed by atoms with Crippen molar-refractivity contribution in [1.29, 1.82) is 0 Å². The van der Waals surface area contributed by atoms with Crippen LogP contribution in [0.25, 0.3) is 21.3 Å². The number of nitrogens with one attached hydrogen (secondary N) is 2. The number of halogens is 1. The molecule has 0 atom stereocenters. The number of rotatable bonds is 3. The molecule has 0 radical (unpaired) electrons. The number of anilines is 1. The summed E-state index contributed by atoms with van der Waals surface area (Å²) in [5.41, 5.74) is 2.56. The van der Waals surface area contributed by atoms with E-state index < -0.39 is 0 Å². The maximum absolute atomic E-state index is 13.2. The van der Waals surface area contributed by atoms with Crippen LogP contribution in [-0.2, 0) is 0 Å². The van der Waals surface area contributed by atoms with Crippen LogP contribution in [0.15, 0.2) is 66.9 Å². The van der Waals surface area contributed by atoms with Crippen molar-refractivity contribution in [2.45, 2.75) is 0 Å². The number of hydrogen-bond donors (Lipinski definition) is 2. The second-order valence-electron chi connectivity index (χ2n) is 5.41. The van der Waals surface area contributed by atoms with E-state index in [1.807, 2.05) is 30.5 Å². The molecule has 3 nitrogen and oxygen atoms in total. The smallest absolute Gasteiger partial charge is 0.265 e. The zero-order chi connectivity index (χ0) is 16.5. The van der Waals surface area contributed by atoms with Crippen LogP contribution in [-0.4, -0.2) is 10.9 Å². The average Bonchev–Trinajstić information content (AvgIpc) is 3.23. The van der Waals surface area contributed by atoms with Gasteiger partial charge in [0, 0.05) is 22.3 Å². The number of fused-ring (bicyclic) bond motifs is 1. The fraction of sp³-hybridized carbons (Fsp3) is 0. The van der Waals surface area contributed by atoms with Crippen molar-refractivity contribution in [3.63, 3.8) is 0 Å². The molecule has 0 unspecified atom stereocenters. The summed E-state index contributed by atoms with van der Waals surface area (Å²) >= 11 is 1.41. The third-order valence-electron chi connectivity index (χ3n) is 3.75. The van der Waals surface area contributed by atoms with Crippen LogP contribution in [0.5, 0.6) is 0 Å². The number of carbonyl (C=O) groups is 1. The Labute approximate surface area is 141 Å². The summed E-state index contributed by atoms with van der Waals surface area (Å²) in [5.74, 6) is -0.614. The van der Waals surface area contributed by atoms with E-state index in [-0.39, 0.29) is 11.7 Å². The Morgan fingerprint density at radius 3 is 2.83 bits per heavy atom. The molecular weight excluding hydrogens is 323 g/mol. The molecule has 2 N–H and O–H groups in total. The van der Waals surface area contributed by atoms with Gasteiger partial charge in [0.15, 0.2) is 0 Å². The fourth-order valence-electron chi connectivity index (χ4n) is 2.58. The summed E-state index contributed by atoms with van der Waals surface area (Å²) in [6.07, 6.45) is 1.90. The maximum atomic E-state index is 13.2. The molecule has 0 fully saturated rings. The lowest BCUT2D eigenvalue weighted by Gasteiger charge is -2.03. The van der Waals surface area contributed by atoms with Gasteiger partial charge in [-0.3, -0.25) is 4.79 Å². The summed E-state index contributed by atoms with van der Waals surface area (Å²) < 4.78 is 13.2. The number of thiophene rings is 1. The highest BCUT2D eigenvalue weighted by Gasteiger charge is 2.11. The second-order valence-corrected chi connectivity index (χ2v) is 6.49. The Bertz CT molecular complexity index is 1030. The number of amides is 1. The number of hydrogen-bond acceptors (Lipinski definition) is 2. The van der Waals surface area contributed by atoms with Gasteiger partial charge in [0.1, 0.15) is 5.82 Å². The molecule has 4 rings (SSSR count). The first-order valence-electron chi connectivity index (χ1n) is 7.43. The van der Waals surface area contributed by atoms with Crippen molar-refractivity contribution in [2.24, 2.45) is 0 Å². The minimum absolute atomic E-state index is 0.238. The molecular formula is C19H13FN2OS. The van der Waals surface area contributed by atoms with Crippen molar-refractivity contribution in [2.75, 3.05) is 5.32 Å². The lowest BCUT2D eigenvalue weighted by atomic mass is 10.1. The minimum atomic E-state index is -0.376. The van der Waals surface area contributed by atoms with E-state index in [1.165, 1.54) is 23.5 Å². The van der Waals surface area contributed by atoms with Gasteiger partial charge < -0.3 is 10.3 Å². The summed E-state index contributed by atoms with van der Waals surface area (Å²) in [7, 11) is 0. The third kappa shape index (κ3) is 2.81. The Balaban J connectivity index is 1.58. The van der Waals surface area contributed by atoms with Crippen LogP contribution in [0.3, 0.4) is 0 Å². The Morgan fingerprint density at radius 2 is 1.96 bits per heavy atom. The predicted molar refractivity (Wildman–Crippen MR) is 96.0 cm³/mol. The van der Waals surface area contributed by atoms with E-state index >= 15 is 0 Å². The van der Waals surface area contributed by atoms with Crippen LogP contribution in [0.2, 0.25) is 0 Å². The normalized spacial score (nSPS) is 10.9. The molecule has 0 aliphatic heterocycles. The van der Waals surface area contributed by atoms with Gasteiger partial charge in [-0.05, 0) is 53.4 Å². The molecule has 0 saturated heterocycles. The van der Waals surface area contributed by atoms with Crippen molar-refractivity contribution < 1.29 is 9.18 Å². The number of aromatic nitrogens is 1. The van der Waals surface area contributed by atoms with Crippen molar-refractivity contribution in [3.8, 4) is 10.4 Å². The van der Waals surface area contributed by atoms with Gasteiger partial charge in [0.25, 0.3) is 5.91 Å². The standard InChI is InChI=1S/C19H13FN2OS/c20-14-2-1-3-15(11-14)22-19(23)18-7-6-17(24-18)13-5-4-12-8-9-21-16(12)10-13/h1-11,21H,(H,22,23). The molecule has 2 heterocycles. The fourth-order valence-corrected chi connectivity index (χ4v) is 3.47. The lowest BCUT2D eigenvalue weighted by molar-refractivity contribution is 0.103. The van der Waals surface area contributed by atoms with Gasteiger partial charge in [-0.1, -0.05) is 18.2 Å². The number of benzene rings is 2. The molecule has 2 aromatic heterocycles. The third-order valence-corrected chi connectivity index (χ3v) is 4.88. The number of carbonyl (C=O) groups excluding carboxylic acids is 1. The first-order valence-corrected chi connectivity index (χ1v) is 8.25. The Morgan fingerprint density at radius 1 is 1.04 bits per heavy atom. The molecule has 0 aliphatic rings. The highest BCUT2D eigenvalue weighted by atomic mass is 32.1. The van der Waals surface area contributed by atoms with Gasteiger partial charge in [0.2, 0.25) is 0 Å². The summed E-state index contributed by atoms with van der Waals surface area (Å²) in [4.78, 5) is 17.1. The number of H-pyrrole nitrogens is 1. The van der Waals surface area contributed by atoms with Gasteiger partial charge in [-0.2, -0.15) is 0 Å². The quantitative estimate of drug-likeness (QED) is 0.525. The van der Waals surface area contributed by atoms with Crippen molar-refractivity contribution >= 4 is 33.8 Å². The zero-order valence-corrected chi connectivity index (χ0v) is 13.4. The maximum Gasteiger partial charge on any atom is 0.265 e. The molecule has 0 bridgehead atoms. The predicted octanol–water partition coefficient (Wildman–Crippen LogP) is 5.29. The summed E-state index contributed by atoms with van der Waals surface area (Å²) in [6, 6.07) is 17.7. The van der Waals surface area contributed by atoms with Crippen LogP contribution in [0.1, 0.15) is 9.67 Å².